The number of thioether (sulfide) groups is 1. The van der Waals surface area contributed by atoms with Crippen LogP contribution in [0.25, 0.3) is 0 Å². The van der Waals surface area contributed by atoms with Gasteiger partial charge in [-0.25, -0.2) is 4.79 Å². The highest BCUT2D eigenvalue weighted by Crippen LogP contribution is 2.40. The number of amides is 1. The van der Waals surface area contributed by atoms with Gasteiger partial charge in [0.25, 0.3) is 0 Å². The van der Waals surface area contributed by atoms with Gasteiger partial charge in [-0.15, -0.1) is 11.8 Å². The fourth-order valence-electron chi connectivity index (χ4n) is 3.07. The number of nitrogens with zero attached hydrogens (tertiary/aromatic N) is 1. The number of esters is 1. The monoisotopic (exact) mass is 461 g/mol. The molecule has 2 rings (SSSR count). The second-order valence-corrected chi connectivity index (χ2v) is 10.8. The number of hydrogen-bond acceptors (Lipinski definition) is 5. The lowest BCUT2D eigenvalue weighted by Gasteiger charge is -2.31. The summed E-state index contributed by atoms with van der Waals surface area (Å²) in [4.78, 5) is 27.5. The van der Waals surface area contributed by atoms with Gasteiger partial charge < -0.3 is 14.4 Å². The topological polar surface area (TPSA) is 55.8 Å². The van der Waals surface area contributed by atoms with E-state index in [1.54, 1.807) is 47.6 Å². The molecule has 1 aliphatic heterocycles. The molecule has 5 nitrogen and oxygen atoms in total. The van der Waals surface area contributed by atoms with E-state index in [9.17, 15) is 22.8 Å². The molecular weight excluding hydrogens is 431 g/mol. The van der Waals surface area contributed by atoms with Gasteiger partial charge in [-0.1, -0.05) is 6.07 Å². The van der Waals surface area contributed by atoms with Gasteiger partial charge in [0.15, 0.2) is 0 Å². The zero-order valence-electron chi connectivity index (χ0n) is 18.8. The van der Waals surface area contributed by atoms with Gasteiger partial charge in [-0.2, -0.15) is 13.2 Å². The first-order valence-electron chi connectivity index (χ1n) is 10.0. The van der Waals surface area contributed by atoms with Crippen molar-refractivity contribution in [3.05, 3.63) is 29.8 Å². The fourth-order valence-corrected chi connectivity index (χ4v) is 4.25. The second kappa shape index (κ2) is 8.92. The molecule has 1 atom stereocenters. The van der Waals surface area contributed by atoms with E-state index in [1.807, 2.05) is 0 Å². The first-order chi connectivity index (χ1) is 14.0. The minimum Gasteiger partial charge on any atom is -0.459 e. The maximum atomic E-state index is 13.1. The summed E-state index contributed by atoms with van der Waals surface area (Å²) in [7, 11) is 0. The van der Waals surface area contributed by atoms with E-state index in [4.69, 9.17) is 9.47 Å². The lowest BCUT2D eigenvalue weighted by Crippen LogP contribution is -2.43. The average molecular weight is 462 g/mol. The number of carbonyl (C=O) groups is 2. The predicted molar refractivity (Wildman–Crippen MR) is 113 cm³/mol. The van der Waals surface area contributed by atoms with Crippen LogP contribution >= 0.6 is 11.8 Å². The number of carbonyl (C=O) groups excluding carboxylic acids is 2. The second-order valence-electron chi connectivity index (χ2n) is 9.75. The number of hydrogen-bond donors (Lipinski definition) is 0. The molecule has 1 saturated heterocycles. The van der Waals surface area contributed by atoms with Crippen LogP contribution < -0.4 is 0 Å². The maximum absolute atomic E-state index is 13.1. The van der Waals surface area contributed by atoms with Crippen molar-refractivity contribution in [2.45, 2.75) is 70.2 Å². The van der Waals surface area contributed by atoms with E-state index < -0.39 is 40.4 Å². The van der Waals surface area contributed by atoms with Gasteiger partial charge in [0, 0.05) is 23.7 Å². The normalized spacial score (nSPS) is 20.0. The quantitative estimate of drug-likeness (QED) is 0.421. The largest absolute Gasteiger partial charge is 0.459 e. The molecule has 0 aliphatic carbocycles. The Morgan fingerprint density at radius 3 is 2.23 bits per heavy atom. The van der Waals surface area contributed by atoms with Gasteiger partial charge in [-0.3, -0.25) is 4.79 Å². The van der Waals surface area contributed by atoms with Crippen molar-refractivity contribution in [3.8, 4) is 0 Å². The summed E-state index contributed by atoms with van der Waals surface area (Å²) in [5.41, 5.74) is -3.19. The third-order valence-electron chi connectivity index (χ3n) is 4.51. The molecule has 1 aromatic rings. The summed E-state index contributed by atoms with van der Waals surface area (Å²) in [5.74, 6) is -0.284. The molecular formula is C22H30F3NO4S. The van der Waals surface area contributed by atoms with E-state index in [-0.39, 0.29) is 12.3 Å². The summed E-state index contributed by atoms with van der Waals surface area (Å²) in [5, 5.41) is 0. The summed E-state index contributed by atoms with van der Waals surface area (Å²) >= 11 is 1.15. The Kier molecular flexibility index (Phi) is 7.30. The van der Waals surface area contributed by atoms with Crippen LogP contribution in [0.1, 0.15) is 53.5 Å². The van der Waals surface area contributed by atoms with Crippen LogP contribution in [0.15, 0.2) is 29.2 Å². The van der Waals surface area contributed by atoms with Crippen LogP contribution in [-0.2, 0) is 20.4 Å². The summed E-state index contributed by atoms with van der Waals surface area (Å²) in [6, 6.07) is 4.98. The van der Waals surface area contributed by atoms with E-state index >= 15 is 0 Å². The smallest absolute Gasteiger partial charge is 0.416 e. The van der Waals surface area contributed by atoms with Gasteiger partial charge in [0.1, 0.15) is 11.2 Å². The van der Waals surface area contributed by atoms with E-state index in [0.29, 0.717) is 17.9 Å². The molecule has 1 fully saturated rings. The molecule has 1 aromatic carbocycles. The Labute approximate surface area is 185 Å². The molecule has 0 bridgehead atoms. The molecule has 174 valence electrons. The fraction of sp³-hybridized carbons (Fsp3) is 0.636. The lowest BCUT2D eigenvalue weighted by atomic mass is 9.89. The highest BCUT2D eigenvalue weighted by atomic mass is 32.2. The van der Waals surface area contributed by atoms with Crippen molar-refractivity contribution >= 4 is 23.8 Å². The van der Waals surface area contributed by atoms with Gasteiger partial charge >= 0.3 is 18.2 Å². The summed E-state index contributed by atoms with van der Waals surface area (Å²) in [6.45, 7) is 10.9. The molecule has 0 N–H and O–H groups in total. The highest BCUT2D eigenvalue weighted by molar-refractivity contribution is 7.99. The first kappa shape index (κ1) is 25.4. The molecule has 1 aliphatic rings. The zero-order valence-corrected chi connectivity index (χ0v) is 19.6. The van der Waals surface area contributed by atoms with Gasteiger partial charge in [0.05, 0.1) is 11.0 Å². The highest BCUT2D eigenvalue weighted by Gasteiger charge is 2.49. The molecule has 0 spiro atoms. The van der Waals surface area contributed by atoms with Crippen molar-refractivity contribution in [2.75, 3.05) is 18.8 Å². The minimum absolute atomic E-state index is 0.0861. The molecule has 0 saturated carbocycles. The lowest BCUT2D eigenvalue weighted by molar-refractivity contribution is -0.165. The van der Waals surface area contributed by atoms with Crippen molar-refractivity contribution in [3.63, 3.8) is 0 Å². The SMILES string of the molecule is CC(C)(C)OC(=O)N1CCC(CSc2cccc(C(F)(F)F)c2)(C(=O)OC(C)(C)C)C1. The van der Waals surface area contributed by atoms with Crippen molar-refractivity contribution in [1.29, 1.82) is 0 Å². The molecule has 0 radical (unpaired) electrons. The predicted octanol–water partition coefficient (Wildman–Crippen LogP) is 5.77. The van der Waals surface area contributed by atoms with Crippen LogP contribution in [0.5, 0.6) is 0 Å². The number of ether oxygens (including phenoxy) is 2. The number of halogens is 3. The third-order valence-corrected chi connectivity index (χ3v) is 5.80. The third kappa shape index (κ3) is 7.33. The van der Waals surface area contributed by atoms with Crippen LogP contribution in [0.4, 0.5) is 18.0 Å². The van der Waals surface area contributed by atoms with Crippen molar-refractivity contribution in [1.82, 2.24) is 4.90 Å². The van der Waals surface area contributed by atoms with E-state index in [2.05, 4.69) is 0 Å². The molecule has 31 heavy (non-hydrogen) atoms. The Balaban J connectivity index is 2.22. The Bertz CT molecular complexity index is 814. The standard InChI is InChI=1S/C22H30F3NO4S/c1-19(2,3)29-17(27)21(10-11-26(13-21)18(28)30-20(4,5)6)14-31-16-9-7-8-15(12-16)22(23,24)25/h7-9,12H,10-11,13-14H2,1-6H3. The van der Waals surface area contributed by atoms with Gasteiger partial charge in [-0.05, 0) is 66.2 Å². The molecule has 1 unspecified atom stereocenters. The summed E-state index contributed by atoms with van der Waals surface area (Å²) < 4.78 is 50.1. The number of likely N-dealkylation sites (tertiary alicyclic amines) is 1. The van der Waals surface area contributed by atoms with E-state index in [0.717, 1.165) is 23.9 Å². The molecule has 1 heterocycles. The zero-order chi connectivity index (χ0) is 23.7. The first-order valence-corrected chi connectivity index (χ1v) is 11.0. The molecule has 9 heteroatoms. The van der Waals surface area contributed by atoms with Crippen LogP contribution in [-0.4, -0.2) is 47.0 Å². The van der Waals surface area contributed by atoms with Crippen LogP contribution in [0.3, 0.4) is 0 Å². The maximum Gasteiger partial charge on any atom is 0.416 e. The minimum atomic E-state index is -4.44. The van der Waals surface area contributed by atoms with Crippen molar-refractivity contribution < 1.29 is 32.2 Å². The van der Waals surface area contributed by atoms with Gasteiger partial charge in [0.2, 0.25) is 0 Å². The Morgan fingerprint density at radius 1 is 1.06 bits per heavy atom. The number of benzene rings is 1. The number of alkyl halides is 3. The summed E-state index contributed by atoms with van der Waals surface area (Å²) in [6.07, 6.45) is -4.63. The van der Waals surface area contributed by atoms with Crippen molar-refractivity contribution in [2.24, 2.45) is 5.41 Å². The average Bonchev–Trinajstić information content (AvgIpc) is 3.03. The number of rotatable bonds is 4. The Hall–Kier alpha value is -1.90. The van der Waals surface area contributed by atoms with Crippen LogP contribution in [0.2, 0.25) is 0 Å². The van der Waals surface area contributed by atoms with E-state index in [1.165, 1.54) is 11.0 Å². The molecule has 0 aromatic heterocycles. The van der Waals surface area contributed by atoms with Crippen LogP contribution in [0, 0.1) is 5.41 Å². The molecule has 1 amide bonds. The Morgan fingerprint density at radius 2 is 1.68 bits per heavy atom.